The number of rotatable bonds is 2. The molecule has 0 aliphatic carbocycles. The Balaban J connectivity index is 1.72. The second-order valence-corrected chi connectivity index (χ2v) is 6.78. The summed E-state index contributed by atoms with van der Waals surface area (Å²) in [5.41, 5.74) is 5.46. The van der Waals surface area contributed by atoms with Crippen molar-refractivity contribution in [2.45, 2.75) is 6.92 Å². The van der Waals surface area contributed by atoms with Crippen molar-refractivity contribution < 1.29 is 0 Å². The van der Waals surface area contributed by atoms with Crippen molar-refractivity contribution in [3.8, 4) is 22.4 Å². The molecule has 0 amide bonds. The molecule has 0 spiro atoms. The summed E-state index contributed by atoms with van der Waals surface area (Å²) < 4.78 is 0. The zero-order valence-corrected chi connectivity index (χ0v) is 15.1. The Morgan fingerprint density at radius 1 is 0.556 bits per heavy atom. The van der Waals surface area contributed by atoms with Crippen LogP contribution in [-0.4, -0.2) is 9.97 Å². The summed E-state index contributed by atoms with van der Waals surface area (Å²) in [5.74, 6) is 0.788. The summed E-state index contributed by atoms with van der Waals surface area (Å²) in [4.78, 5) is 9.47. The first-order valence-corrected chi connectivity index (χ1v) is 9.11. The SMILES string of the molecule is Cc1nc(-c2ccc3ccccc3c2)c2ccc(-c3ccccc3)cc2n1. The molecular weight excluding hydrogens is 328 g/mol. The average molecular weight is 346 g/mol. The van der Waals surface area contributed by atoms with E-state index in [2.05, 4.69) is 84.9 Å². The molecule has 0 fully saturated rings. The van der Waals surface area contributed by atoms with Crippen LogP contribution < -0.4 is 0 Å². The van der Waals surface area contributed by atoms with Gasteiger partial charge in [0.15, 0.2) is 0 Å². The second-order valence-electron chi connectivity index (χ2n) is 6.78. The molecule has 2 nitrogen and oxygen atoms in total. The topological polar surface area (TPSA) is 25.8 Å². The lowest BCUT2D eigenvalue weighted by atomic mass is 9.99. The van der Waals surface area contributed by atoms with E-state index < -0.39 is 0 Å². The molecule has 1 aromatic heterocycles. The van der Waals surface area contributed by atoms with Crippen LogP contribution in [0.2, 0.25) is 0 Å². The van der Waals surface area contributed by atoms with Crippen molar-refractivity contribution in [2.75, 3.05) is 0 Å². The molecule has 5 rings (SSSR count). The Hall–Kier alpha value is -3.52. The van der Waals surface area contributed by atoms with Gasteiger partial charge < -0.3 is 0 Å². The van der Waals surface area contributed by atoms with Crippen molar-refractivity contribution >= 4 is 21.7 Å². The minimum Gasteiger partial charge on any atom is -0.233 e. The normalized spacial score (nSPS) is 11.1. The van der Waals surface area contributed by atoms with Crippen LogP contribution in [0.3, 0.4) is 0 Å². The highest BCUT2D eigenvalue weighted by Gasteiger charge is 2.10. The molecule has 0 saturated heterocycles. The molecule has 0 aliphatic heterocycles. The molecule has 0 radical (unpaired) electrons. The summed E-state index contributed by atoms with van der Waals surface area (Å²) in [6, 6.07) is 31.8. The van der Waals surface area contributed by atoms with E-state index in [0.29, 0.717) is 0 Å². The van der Waals surface area contributed by atoms with Crippen LogP contribution in [0.5, 0.6) is 0 Å². The highest BCUT2D eigenvalue weighted by molar-refractivity contribution is 5.97. The third-order valence-electron chi connectivity index (χ3n) is 4.94. The minimum atomic E-state index is 0.788. The second kappa shape index (κ2) is 6.33. The Morgan fingerprint density at radius 3 is 2.15 bits per heavy atom. The number of hydrogen-bond acceptors (Lipinski definition) is 2. The molecule has 2 heteroatoms. The maximum absolute atomic E-state index is 4.77. The molecule has 0 unspecified atom stereocenters. The van der Waals surface area contributed by atoms with E-state index in [9.17, 15) is 0 Å². The molecule has 128 valence electrons. The van der Waals surface area contributed by atoms with Crippen molar-refractivity contribution in [1.29, 1.82) is 0 Å². The van der Waals surface area contributed by atoms with E-state index in [-0.39, 0.29) is 0 Å². The number of benzene rings is 4. The molecule has 0 saturated carbocycles. The van der Waals surface area contributed by atoms with Crippen LogP contribution in [0.25, 0.3) is 44.1 Å². The van der Waals surface area contributed by atoms with Gasteiger partial charge in [0.2, 0.25) is 0 Å². The van der Waals surface area contributed by atoms with E-state index in [1.54, 1.807) is 0 Å². The van der Waals surface area contributed by atoms with E-state index in [4.69, 9.17) is 9.97 Å². The van der Waals surface area contributed by atoms with Gasteiger partial charge in [0, 0.05) is 10.9 Å². The van der Waals surface area contributed by atoms with Gasteiger partial charge in [-0.3, -0.25) is 0 Å². The molecule has 0 bridgehead atoms. The Labute approximate surface area is 158 Å². The number of nitrogens with zero attached hydrogens (tertiary/aromatic N) is 2. The third kappa shape index (κ3) is 2.85. The van der Waals surface area contributed by atoms with Gasteiger partial charge in [0.1, 0.15) is 5.82 Å². The molecule has 0 N–H and O–H groups in total. The van der Waals surface area contributed by atoms with Crippen molar-refractivity contribution in [3.05, 3.63) is 96.8 Å². The first-order valence-electron chi connectivity index (χ1n) is 9.11. The molecular formula is C25H18N2. The highest BCUT2D eigenvalue weighted by atomic mass is 14.9. The van der Waals surface area contributed by atoms with Gasteiger partial charge in [-0.1, -0.05) is 72.8 Å². The summed E-state index contributed by atoms with van der Waals surface area (Å²) in [5, 5.41) is 3.54. The van der Waals surface area contributed by atoms with Crippen LogP contribution in [-0.2, 0) is 0 Å². The predicted octanol–water partition coefficient (Wildman–Crippen LogP) is 6.43. The smallest absolute Gasteiger partial charge is 0.126 e. The maximum atomic E-state index is 4.77. The van der Waals surface area contributed by atoms with Crippen LogP contribution in [0.4, 0.5) is 0 Å². The summed E-state index contributed by atoms with van der Waals surface area (Å²) in [6.07, 6.45) is 0. The number of aromatic nitrogens is 2. The maximum Gasteiger partial charge on any atom is 0.126 e. The first-order chi connectivity index (χ1) is 13.3. The standard InChI is InChI=1S/C25H18N2/c1-17-26-24-16-21(18-7-3-2-4-8-18)13-14-23(24)25(27-17)22-12-11-19-9-5-6-10-20(19)15-22/h2-16H,1H3. The lowest BCUT2D eigenvalue weighted by Gasteiger charge is -2.10. The van der Waals surface area contributed by atoms with Crippen LogP contribution in [0.15, 0.2) is 91.0 Å². The Kier molecular flexibility index (Phi) is 3.68. The molecule has 1 heterocycles. The van der Waals surface area contributed by atoms with Crippen LogP contribution >= 0.6 is 0 Å². The fourth-order valence-electron chi connectivity index (χ4n) is 3.61. The van der Waals surface area contributed by atoms with Gasteiger partial charge >= 0.3 is 0 Å². The molecule has 27 heavy (non-hydrogen) atoms. The lowest BCUT2D eigenvalue weighted by Crippen LogP contribution is -1.94. The quantitative estimate of drug-likeness (QED) is 0.368. The zero-order valence-electron chi connectivity index (χ0n) is 15.1. The fourth-order valence-corrected chi connectivity index (χ4v) is 3.61. The van der Waals surface area contributed by atoms with Gasteiger partial charge in [-0.15, -0.1) is 0 Å². The van der Waals surface area contributed by atoms with E-state index in [1.807, 2.05) is 13.0 Å². The van der Waals surface area contributed by atoms with Gasteiger partial charge in [-0.25, -0.2) is 9.97 Å². The highest BCUT2D eigenvalue weighted by Crippen LogP contribution is 2.31. The van der Waals surface area contributed by atoms with Crippen LogP contribution in [0, 0.1) is 6.92 Å². The molecule has 5 aromatic rings. The van der Waals surface area contributed by atoms with Crippen molar-refractivity contribution in [3.63, 3.8) is 0 Å². The number of aryl methyl sites for hydroxylation is 1. The van der Waals surface area contributed by atoms with Gasteiger partial charge in [0.25, 0.3) is 0 Å². The zero-order chi connectivity index (χ0) is 18.2. The molecule has 4 aromatic carbocycles. The average Bonchev–Trinajstić information content (AvgIpc) is 2.73. The number of hydrogen-bond donors (Lipinski definition) is 0. The van der Waals surface area contributed by atoms with Crippen molar-refractivity contribution in [1.82, 2.24) is 9.97 Å². The van der Waals surface area contributed by atoms with Gasteiger partial charge in [-0.2, -0.15) is 0 Å². The number of fused-ring (bicyclic) bond motifs is 2. The monoisotopic (exact) mass is 346 g/mol. The molecule has 0 aliphatic rings. The summed E-state index contributed by atoms with van der Waals surface area (Å²) in [6.45, 7) is 1.96. The fraction of sp³-hybridized carbons (Fsp3) is 0.0400. The van der Waals surface area contributed by atoms with Gasteiger partial charge in [-0.05, 0) is 47.0 Å². The summed E-state index contributed by atoms with van der Waals surface area (Å²) in [7, 11) is 0. The van der Waals surface area contributed by atoms with E-state index in [1.165, 1.54) is 21.9 Å². The Morgan fingerprint density at radius 2 is 1.30 bits per heavy atom. The lowest BCUT2D eigenvalue weighted by molar-refractivity contribution is 1.10. The largest absolute Gasteiger partial charge is 0.233 e. The van der Waals surface area contributed by atoms with Crippen LogP contribution in [0.1, 0.15) is 5.82 Å². The Bertz CT molecular complexity index is 1270. The first kappa shape index (κ1) is 15.7. The van der Waals surface area contributed by atoms with E-state index in [0.717, 1.165) is 28.0 Å². The van der Waals surface area contributed by atoms with Gasteiger partial charge in [0.05, 0.1) is 11.2 Å². The van der Waals surface area contributed by atoms with E-state index >= 15 is 0 Å². The molecule has 0 atom stereocenters. The summed E-state index contributed by atoms with van der Waals surface area (Å²) >= 11 is 0. The third-order valence-corrected chi connectivity index (χ3v) is 4.94. The minimum absolute atomic E-state index is 0.788. The predicted molar refractivity (Wildman–Crippen MR) is 113 cm³/mol. The van der Waals surface area contributed by atoms with Crippen molar-refractivity contribution in [2.24, 2.45) is 0 Å².